The highest BCUT2D eigenvalue weighted by Gasteiger charge is 2.28. The van der Waals surface area contributed by atoms with Crippen molar-refractivity contribution in [1.29, 1.82) is 0 Å². The summed E-state index contributed by atoms with van der Waals surface area (Å²) in [7, 11) is 0. The van der Waals surface area contributed by atoms with Gasteiger partial charge < -0.3 is 4.57 Å². The molecule has 0 unspecified atom stereocenters. The number of nitrogens with zero attached hydrogens (tertiary/aromatic N) is 2. The predicted molar refractivity (Wildman–Crippen MR) is 50.2 cm³/mol. The highest BCUT2D eigenvalue weighted by molar-refractivity contribution is 4.97. The standard InChI is InChI=1S/C10H16N2/c1-9(2)12-7-10(8-12)11-5-3-4-6-11/h3-6,9-10H,7-8H2,1-2H3. The van der Waals surface area contributed by atoms with E-state index >= 15 is 0 Å². The lowest BCUT2D eigenvalue weighted by molar-refractivity contribution is 0.0746. The first-order chi connectivity index (χ1) is 5.77. The maximum Gasteiger partial charge on any atom is 0.0584 e. The molecule has 0 bridgehead atoms. The summed E-state index contributed by atoms with van der Waals surface area (Å²) >= 11 is 0. The molecule has 1 saturated heterocycles. The molecule has 2 rings (SSSR count). The van der Waals surface area contributed by atoms with Crippen molar-refractivity contribution in [2.24, 2.45) is 0 Å². The van der Waals surface area contributed by atoms with Gasteiger partial charge in [-0.25, -0.2) is 0 Å². The predicted octanol–water partition coefficient (Wildman–Crippen LogP) is 1.75. The second-order valence-electron chi connectivity index (χ2n) is 3.83. The van der Waals surface area contributed by atoms with E-state index in [1.165, 1.54) is 13.1 Å². The molecule has 0 spiro atoms. The Morgan fingerprint density at radius 3 is 2.25 bits per heavy atom. The second-order valence-corrected chi connectivity index (χ2v) is 3.83. The molecule has 66 valence electrons. The minimum Gasteiger partial charge on any atom is -0.349 e. The third kappa shape index (κ3) is 1.27. The van der Waals surface area contributed by atoms with Gasteiger partial charge in [-0.3, -0.25) is 4.90 Å². The molecule has 2 heterocycles. The minimum absolute atomic E-state index is 0.705. The summed E-state index contributed by atoms with van der Waals surface area (Å²) in [5.41, 5.74) is 0. The Kier molecular flexibility index (Phi) is 1.93. The normalized spacial score (nSPS) is 19.9. The van der Waals surface area contributed by atoms with E-state index in [4.69, 9.17) is 0 Å². The number of rotatable bonds is 2. The molecule has 0 radical (unpaired) electrons. The third-order valence-corrected chi connectivity index (χ3v) is 2.67. The molecule has 1 aromatic heterocycles. The minimum atomic E-state index is 0.705. The van der Waals surface area contributed by atoms with E-state index in [0.717, 1.165) is 6.04 Å². The zero-order valence-corrected chi connectivity index (χ0v) is 7.77. The number of hydrogen-bond acceptors (Lipinski definition) is 1. The van der Waals surface area contributed by atoms with E-state index in [1.54, 1.807) is 0 Å². The van der Waals surface area contributed by atoms with Crippen molar-refractivity contribution in [2.45, 2.75) is 25.9 Å². The van der Waals surface area contributed by atoms with Crippen LogP contribution in [0.15, 0.2) is 24.5 Å². The van der Waals surface area contributed by atoms with Gasteiger partial charge in [-0.1, -0.05) is 0 Å². The molecule has 1 aliphatic rings. The summed E-state index contributed by atoms with van der Waals surface area (Å²) in [6.07, 6.45) is 4.31. The van der Waals surface area contributed by atoms with Crippen LogP contribution < -0.4 is 0 Å². The van der Waals surface area contributed by atoms with Crippen molar-refractivity contribution < 1.29 is 0 Å². The fourth-order valence-electron chi connectivity index (χ4n) is 1.69. The van der Waals surface area contributed by atoms with Crippen LogP contribution in [0.25, 0.3) is 0 Å². The number of likely N-dealkylation sites (tertiary alicyclic amines) is 1. The van der Waals surface area contributed by atoms with Crippen LogP contribution in [0.3, 0.4) is 0 Å². The molecule has 1 aromatic rings. The first kappa shape index (κ1) is 7.87. The largest absolute Gasteiger partial charge is 0.349 e. The van der Waals surface area contributed by atoms with Gasteiger partial charge in [0.15, 0.2) is 0 Å². The molecule has 2 nitrogen and oxygen atoms in total. The van der Waals surface area contributed by atoms with Crippen molar-refractivity contribution in [3.63, 3.8) is 0 Å². The lowest BCUT2D eigenvalue weighted by Gasteiger charge is -2.42. The van der Waals surface area contributed by atoms with Gasteiger partial charge in [-0.05, 0) is 26.0 Å². The SMILES string of the molecule is CC(C)N1CC(n2cccc2)C1. The molecule has 12 heavy (non-hydrogen) atoms. The summed E-state index contributed by atoms with van der Waals surface area (Å²) in [4.78, 5) is 2.49. The van der Waals surface area contributed by atoms with Crippen LogP contribution >= 0.6 is 0 Å². The quantitative estimate of drug-likeness (QED) is 0.646. The number of hydrogen-bond donors (Lipinski definition) is 0. The number of aromatic nitrogens is 1. The molecule has 1 aliphatic heterocycles. The summed E-state index contributed by atoms with van der Waals surface area (Å²) in [5, 5.41) is 0. The molecule has 0 aromatic carbocycles. The molecule has 1 fully saturated rings. The van der Waals surface area contributed by atoms with Crippen LogP contribution in [0.1, 0.15) is 19.9 Å². The van der Waals surface area contributed by atoms with Crippen LogP contribution in [0.2, 0.25) is 0 Å². The molecule has 2 heteroatoms. The summed E-state index contributed by atoms with van der Waals surface area (Å²) < 4.78 is 2.30. The fourth-order valence-corrected chi connectivity index (χ4v) is 1.69. The van der Waals surface area contributed by atoms with Crippen LogP contribution in [0, 0.1) is 0 Å². The Morgan fingerprint density at radius 2 is 1.75 bits per heavy atom. The van der Waals surface area contributed by atoms with E-state index in [2.05, 4.69) is 47.8 Å². The van der Waals surface area contributed by atoms with E-state index < -0.39 is 0 Å². The summed E-state index contributed by atoms with van der Waals surface area (Å²) in [6, 6.07) is 5.62. The van der Waals surface area contributed by atoms with Gasteiger partial charge in [0.2, 0.25) is 0 Å². The van der Waals surface area contributed by atoms with Crippen molar-refractivity contribution in [1.82, 2.24) is 9.47 Å². The van der Waals surface area contributed by atoms with Gasteiger partial charge >= 0.3 is 0 Å². The van der Waals surface area contributed by atoms with E-state index in [-0.39, 0.29) is 0 Å². The Labute approximate surface area is 73.8 Å². The lowest BCUT2D eigenvalue weighted by atomic mass is 10.1. The highest BCUT2D eigenvalue weighted by Crippen LogP contribution is 2.22. The average molecular weight is 164 g/mol. The van der Waals surface area contributed by atoms with Crippen molar-refractivity contribution in [3.05, 3.63) is 24.5 Å². The van der Waals surface area contributed by atoms with Crippen molar-refractivity contribution in [3.8, 4) is 0 Å². The van der Waals surface area contributed by atoms with Gasteiger partial charge in [0.25, 0.3) is 0 Å². The Balaban J connectivity index is 1.90. The van der Waals surface area contributed by atoms with Gasteiger partial charge in [0.1, 0.15) is 0 Å². The zero-order valence-electron chi connectivity index (χ0n) is 7.77. The van der Waals surface area contributed by atoms with Gasteiger partial charge in [-0.2, -0.15) is 0 Å². The van der Waals surface area contributed by atoms with E-state index in [1.807, 2.05) is 0 Å². The molecule has 0 N–H and O–H groups in total. The van der Waals surface area contributed by atoms with Crippen LogP contribution in [-0.2, 0) is 0 Å². The van der Waals surface area contributed by atoms with Gasteiger partial charge in [0.05, 0.1) is 6.04 Å². The van der Waals surface area contributed by atoms with E-state index in [0.29, 0.717) is 6.04 Å². The topological polar surface area (TPSA) is 8.17 Å². The molecule has 0 atom stereocenters. The molecular weight excluding hydrogens is 148 g/mol. The third-order valence-electron chi connectivity index (χ3n) is 2.67. The Bertz CT molecular complexity index is 232. The fraction of sp³-hybridized carbons (Fsp3) is 0.600. The van der Waals surface area contributed by atoms with Crippen LogP contribution in [0.5, 0.6) is 0 Å². The Morgan fingerprint density at radius 1 is 1.17 bits per heavy atom. The van der Waals surface area contributed by atoms with Crippen LogP contribution in [-0.4, -0.2) is 28.6 Å². The Hall–Kier alpha value is -0.760. The zero-order chi connectivity index (χ0) is 8.55. The first-order valence-corrected chi connectivity index (χ1v) is 4.64. The molecular formula is C10H16N2. The lowest BCUT2D eigenvalue weighted by Crippen LogP contribution is -2.50. The smallest absolute Gasteiger partial charge is 0.0584 e. The first-order valence-electron chi connectivity index (χ1n) is 4.64. The average Bonchev–Trinajstić information content (AvgIpc) is 2.34. The monoisotopic (exact) mass is 164 g/mol. The van der Waals surface area contributed by atoms with Crippen LogP contribution in [0.4, 0.5) is 0 Å². The van der Waals surface area contributed by atoms with Gasteiger partial charge in [0, 0.05) is 31.5 Å². The maximum absolute atomic E-state index is 2.49. The van der Waals surface area contributed by atoms with E-state index in [9.17, 15) is 0 Å². The summed E-state index contributed by atoms with van der Waals surface area (Å²) in [5.74, 6) is 0. The molecule has 0 saturated carbocycles. The van der Waals surface area contributed by atoms with Crippen molar-refractivity contribution >= 4 is 0 Å². The van der Waals surface area contributed by atoms with Gasteiger partial charge in [-0.15, -0.1) is 0 Å². The molecule has 0 aliphatic carbocycles. The van der Waals surface area contributed by atoms with Crippen molar-refractivity contribution in [2.75, 3.05) is 13.1 Å². The summed E-state index contributed by atoms with van der Waals surface area (Å²) in [6.45, 7) is 6.94. The maximum atomic E-state index is 2.49. The highest BCUT2D eigenvalue weighted by atomic mass is 15.3. The molecule has 0 amide bonds. The second kappa shape index (κ2) is 2.94.